The number of aromatic nitrogens is 3. The number of carbonyl (C=O) groups excluding carboxylic acids is 1. The maximum atomic E-state index is 12.0. The van der Waals surface area contributed by atoms with Gasteiger partial charge in [-0.2, -0.15) is 5.10 Å². The maximum Gasteiger partial charge on any atom is 0.276 e. The Labute approximate surface area is 125 Å². The van der Waals surface area contributed by atoms with Gasteiger partial charge in [0.1, 0.15) is 5.69 Å². The molecule has 22 heavy (non-hydrogen) atoms. The van der Waals surface area contributed by atoms with Gasteiger partial charge >= 0.3 is 0 Å². The summed E-state index contributed by atoms with van der Waals surface area (Å²) < 4.78 is 0. The fourth-order valence-electron chi connectivity index (χ4n) is 1.96. The quantitative estimate of drug-likeness (QED) is 0.773. The highest BCUT2D eigenvalue weighted by Gasteiger charge is 2.08. The lowest BCUT2D eigenvalue weighted by atomic mass is 10.1. The Morgan fingerprint density at radius 3 is 2.55 bits per heavy atom. The molecule has 0 radical (unpaired) electrons. The van der Waals surface area contributed by atoms with Gasteiger partial charge in [0.25, 0.3) is 11.5 Å². The lowest BCUT2D eigenvalue weighted by Crippen LogP contribution is -2.17. The number of benzene rings is 1. The standard InChI is InChI=1S/C16H12N4O2/c21-15-7-6-14(19-20-15)16(22)18-13-8-12(9-17-10-13)11-4-2-1-3-5-11/h1-10H,(H,18,22)(H,20,21). The predicted octanol–water partition coefficient (Wildman–Crippen LogP) is 2.08. The van der Waals surface area contributed by atoms with E-state index < -0.39 is 5.91 Å². The topological polar surface area (TPSA) is 87.7 Å². The highest BCUT2D eigenvalue weighted by Crippen LogP contribution is 2.21. The molecule has 0 saturated carbocycles. The van der Waals surface area contributed by atoms with E-state index in [9.17, 15) is 9.59 Å². The highest BCUT2D eigenvalue weighted by atomic mass is 16.2. The Bertz CT molecular complexity index is 839. The minimum atomic E-state index is -0.414. The second kappa shape index (κ2) is 6.01. The van der Waals surface area contributed by atoms with E-state index in [1.165, 1.54) is 12.1 Å². The molecule has 2 heterocycles. The summed E-state index contributed by atoms with van der Waals surface area (Å²) in [4.78, 5) is 27.1. The average molecular weight is 292 g/mol. The number of nitrogens with one attached hydrogen (secondary N) is 2. The molecule has 2 aromatic heterocycles. The fourth-order valence-corrected chi connectivity index (χ4v) is 1.96. The SMILES string of the molecule is O=C(Nc1cncc(-c2ccccc2)c1)c1ccc(=O)[nH]n1. The van der Waals surface area contributed by atoms with Crippen molar-refractivity contribution in [3.8, 4) is 11.1 Å². The van der Waals surface area contributed by atoms with Crippen molar-refractivity contribution in [2.45, 2.75) is 0 Å². The minimum Gasteiger partial charge on any atom is -0.319 e. The molecule has 108 valence electrons. The van der Waals surface area contributed by atoms with Crippen molar-refractivity contribution in [2.24, 2.45) is 0 Å². The van der Waals surface area contributed by atoms with Crippen LogP contribution < -0.4 is 10.9 Å². The molecule has 0 unspecified atom stereocenters. The summed E-state index contributed by atoms with van der Waals surface area (Å²) in [5.41, 5.74) is 2.23. The van der Waals surface area contributed by atoms with E-state index in [2.05, 4.69) is 20.5 Å². The summed E-state index contributed by atoms with van der Waals surface area (Å²) in [5, 5.41) is 8.61. The van der Waals surface area contributed by atoms with Gasteiger partial charge in [-0.15, -0.1) is 0 Å². The number of nitrogens with zero attached hydrogens (tertiary/aromatic N) is 2. The second-order valence-electron chi connectivity index (χ2n) is 4.59. The van der Waals surface area contributed by atoms with Crippen LogP contribution in [0.25, 0.3) is 11.1 Å². The first-order chi connectivity index (χ1) is 10.7. The minimum absolute atomic E-state index is 0.129. The van der Waals surface area contributed by atoms with Crippen LogP contribution in [0.1, 0.15) is 10.5 Å². The first kappa shape index (κ1) is 13.7. The maximum absolute atomic E-state index is 12.0. The average Bonchev–Trinajstić information content (AvgIpc) is 2.56. The normalized spacial score (nSPS) is 10.2. The summed E-state index contributed by atoms with van der Waals surface area (Å²) in [5.74, 6) is -0.414. The molecule has 0 spiro atoms. The van der Waals surface area contributed by atoms with Crippen molar-refractivity contribution in [1.82, 2.24) is 15.2 Å². The van der Waals surface area contributed by atoms with E-state index in [1.54, 1.807) is 12.4 Å². The van der Waals surface area contributed by atoms with E-state index in [0.29, 0.717) is 5.69 Å². The number of aromatic amines is 1. The smallest absolute Gasteiger partial charge is 0.276 e. The number of anilines is 1. The van der Waals surface area contributed by atoms with E-state index in [-0.39, 0.29) is 11.3 Å². The van der Waals surface area contributed by atoms with Crippen LogP contribution in [0, 0.1) is 0 Å². The number of pyridine rings is 1. The van der Waals surface area contributed by atoms with E-state index in [1.807, 2.05) is 36.4 Å². The van der Waals surface area contributed by atoms with Crippen molar-refractivity contribution in [1.29, 1.82) is 0 Å². The van der Waals surface area contributed by atoms with Gasteiger partial charge in [-0.1, -0.05) is 30.3 Å². The van der Waals surface area contributed by atoms with Crippen molar-refractivity contribution in [2.75, 3.05) is 5.32 Å². The number of hydrogen-bond donors (Lipinski definition) is 2. The molecule has 0 aliphatic carbocycles. The largest absolute Gasteiger partial charge is 0.319 e. The molecule has 2 N–H and O–H groups in total. The Hall–Kier alpha value is -3.28. The number of hydrogen-bond acceptors (Lipinski definition) is 4. The Morgan fingerprint density at radius 1 is 1.00 bits per heavy atom. The van der Waals surface area contributed by atoms with Crippen LogP contribution in [0.5, 0.6) is 0 Å². The molecule has 3 aromatic rings. The molecular weight excluding hydrogens is 280 g/mol. The van der Waals surface area contributed by atoms with Crippen molar-refractivity contribution >= 4 is 11.6 Å². The van der Waals surface area contributed by atoms with Crippen LogP contribution in [-0.4, -0.2) is 21.1 Å². The Kier molecular flexibility index (Phi) is 3.74. The van der Waals surface area contributed by atoms with Crippen LogP contribution >= 0.6 is 0 Å². The molecule has 0 aliphatic heterocycles. The molecule has 0 aliphatic rings. The number of rotatable bonds is 3. The zero-order chi connectivity index (χ0) is 15.4. The van der Waals surface area contributed by atoms with E-state index >= 15 is 0 Å². The molecule has 0 fully saturated rings. The van der Waals surface area contributed by atoms with Crippen molar-refractivity contribution in [3.63, 3.8) is 0 Å². The van der Waals surface area contributed by atoms with E-state index in [0.717, 1.165) is 11.1 Å². The number of carbonyl (C=O) groups is 1. The summed E-state index contributed by atoms with van der Waals surface area (Å²) in [6.45, 7) is 0. The summed E-state index contributed by atoms with van der Waals surface area (Å²) in [6, 6.07) is 14.2. The third-order valence-corrected chi connectivity index (χ3v) is 3.02. The van der Waals surface area contributed by atoms with Gasteiger partial charge in [0.15, 0.2) is 0 Å². The van der Waals surface area contributed by atoms with Crippen LogP contribution in [0.3, 0.4) is 0 Å². The predicted molar refractivity (Wildman–Crippen MR) is 82.5 cm³/mol. The van der Waals surface area contributed by atoms with Gasteiger partial charge in [-0.25, -0.2) is 5.10 Å². The van der Waals surface area contributed by atoms with Gasteiger partial charge in [-0.3, -0.25) is 14.6 Å². The zero-order valence-corrected chi connectivity index (χ0v) is 11.5. The molecule has 6 heteroatoms. The Balaban J connectivity index is 1.82. The van der Waals surface area contributed by atoms with Crippen molar-refractivity contribution in [3.05, 3.63) is 77.0 Å². The molecule has 0 atom stereocenters. The third-order valence-electron chi connectivity index (χ3n) is 3.02. The lowest BCUT2D eigenvalue weighted by molar-refractivity contribution is 0.102. The van der Waals surface area contributed by atoms with Gasteiger partial charge < -0.3 is 5.32 Å². The van der Waals surface area contributed by atoms with Crippen molar-refractivity contribution < 1.29 is 4.79 Å². The third kappa shape index (κ3) is 3.06. The molecular formula is C16H12N4O2. The first-order valence-corrected chi connectivity index (χ1v) is 6.60. The summed E-state index contributed by atoms with van der Waals surface area (Å²) in [6.07, 6.45) is 3.28. The number of H-pyrrole nitrogens is 1. The monoisotopic (exact) mass is 292 g/mol. The fraction of sp³-hybridized carbons (Fsp3) is 0. The van der Waals surface area contributed by atoms with Gasteiger partial charge in [0.05, 0.1) is 11.9 Å². The van der Waals surface area contributed by atoms with Crippen LogP contribution in [-0.2, 0) is 0 Å². The van der Waals surface area contributed by atoms with Crippen LogP contribution in [0.4, 0.5) is 5.69 Å². The van der Waals surface area contributed by atoms with Gasteiger partial charge in [0, 0.05) is 17.8 Å². The van der Waals surface area contributed by atoms with Crippen LogP contribution in [0.15, 0.2) is 65.7 Å². The van der Waals surface area contributed by atoms with Gasteiger partial charge in [-0.05, 0) is 17.7 Å². The molecule has 3 rings (SSSR count). The van der Waals surface area contributed by atoms with Gasteiger partial charge in [0.2, 0.25) is 0 Å². The molecule has 0 saturated heterocycles. The second-order valence-corrected chi connectivity index (χ2v) is 4.59. The zero-order valence-electron chi connectivity index (χ0n) is 11.5. The first-order valence-electron chi connectivity index (χ1n) is 6.60. The highest BCUT2D eigenvalue weighted by molar-refractivity contribution is 6.02. The summed E-state index contributed by atoms with van der Waals surface area (Å²) >= 11 is 0. The molecule has 1 aromatic carbocycles. The lowest BCUT2D eigenvalue weighted by Gasteiger charge is -2.06. The number of amides is 1. The van der Waals surface area contributed by atoms with Crippen LogP contribution in [0.2, 0.25) is 0 Å². The van der Waals surface area contributed by atoms with E-state index in [4.69, 9.17) is 0 Å². The molecule has 6 nitrogen and oxygen atoms in total. The Morgan fingerprint density at radius 2 is 1.82 bits per heavy atom. The molecule has 0 bridgehead atoms. The summed E-state index contributed by atoms with van der Waals surface area (Å²) in [7, 11) is 0. The molecule has 1 amide bonds.